The second kappa shape index (κ2) is 8.14. The van der Waals surface area contributed by atoms with E-state index >= 15 is 0 Å². The Morgan fingerprint density at radius 1 is 1.07 bits per heavy atom. The van der Waals surface area contributed by atoms with E-state index in [1.54, 1.807) is 0 Å². The lowest BCUT2D eigenvalue weighted by molar-refractivity contribution is 0.100. The zero-order valence-electron chi connectivity index (χ0n) is 16.0. The van der Waals surface area contributed by atoms with Crippen LogP contribution in [0.1, 0.15) is 41.7 Å². The minimum absolute atomic E-state index is 0. The Morgan fingerprint density at radius 2 is 1.72 bits per heavy atom. The quantitative estimate of drug-likeness (QED) is 0.423. The van der Waals surface area contributed by atoms with Crippen molar-refractivity contribution in [3.05, 3.63) is 53.6 Å². The number of halogens is 1. The van der Waals surface area contributed by atoms with Gasteiger partial charge in [-0.3, -0.25) is 10.1 Å². The van der Waals surface area contributed by atoms with Gasteiger partial charge in [-0.2, -0.15) is 0 Å². The smallest absolute Gasteiger partial charge is 0.317 e. The van der Waals surface area contributed by atoms with Crippen molar-refractivity contribution in [2.24, 2.45) is 11.5 Å². The highest BCUT2D eigenvalue weighted by Gasteiger charge is 2.23. The number of nitrogens with two attached hydrogens (primary N) is 2. The molecule has 1 atom stereocenters. The van der Waals surface area contributed by atoms with Crippen LogP contribution in [0.2, 0.25) is 0 Å². The number of aromatic amines is 1. The maximum Gasteiger partial charge on any atom is 0.317 e. The standard InChI is InChI=1S/C21H23N5O2.ClH/c1-11(24-15-7-8-15)12-2-4-13(5-3-12)14-6-9-16-17(10-14)25-20(26-21(23)28)18(16)19(22)27;/h2-6,9-11,15,24-25H,7-8H2,1H3,(H2,22,27)(H3,23,26,28);1H. The Labute approximate surface area is 174 Å². The van der Waals surface area contributed by atoms with E-state index in [4.69, 9.17) is 11.5 Å². The molecule has 0 spiro atoms. The van der Waals surface area contributed by atoms with E-state index in [9.17, 15) is 9.59 Å². The van der Waals surface area contributed by atoms with Crippen LogP contribution in [-0.4, -0.2) is 23.0 Å². The van der Waals surface area contributed by atoms with Gasteiger partial charge in [-0.15, -0.1) is 12.4 Å². The third-order valence-electron chi connectivity index (χ3n) is 5.10. The first kappa shape index (κ1) is 20.7. The van der Waals surface area contributed by atoms with Crippen molar-refractivity contribution >= 4 is 41.1 Å². The number of hydrogen-bond acceptors (Lipinski definition) is 3. The molecule has 29 heavy (non-hydrogen) atoms. The first-order valence-corrected chi connectivity index (χ1v) is 9.30. The molecule has 1 saturated carbocycles. The van der Waals surface area contributed by atoms with Crippen LogP contribution in [0.15, 0.2) is 42.5 Å². The van der Waals surface area contributed by atoms with E-state index in [0.717, 1.165) is 11.1 Å². The number of primary amides is 2. The molecule has 1 fully saturated rings. The average Bonchev–Trinajstić information content (AvgIpc) is 3.39. The largest absolute Gasteiger partial charge is 0.365 e. The lowest BCUT2D eigenvalue weighted by Gasteiger charge is -2.14. The van der Waals surface area contributed by atoms with E-state index in [1.807, 2.05) is 18.2 Å². The lowest BCUT2D eigenvalue weighted by Crippen LogP contribution is -2.22. The summed E-state index contributed by atoms with van der Waals surface area (Å²) >= 11 is 0. The van der Waals surface area contributed by atoms with Crippen molar-refractivity contribution in [3.63, 3.8) is 0 Å². The van der Waals surface area contributed by atoms with Gasteiger partial charge in [0.05, 0.1) is 5.56 Å². The predicted octanol–water partition coefficient (Wildman–Crippen LogP) is 3.66. The maximum absolute atomic E-state index is 11.8. The summed E-state index contributed by atoms with van der Waals surface area (Å²) in [6.45, 7) is 2.18. The van der Waals surface area contributed by atoms with E-state index in [1.165, 1.54) is 18.4 Å². The predicted molar refractivity (Wildman–Crippen MR) is 117 cm³/mol. The minimum Gasteiger partial charge on any atom is -0.365 e. The van der Waals surface area contributed by atoms with Crippen LogP contribution in [-0.2, 0) is 0 Å². The van der Waals surface area contributed by atoms with Crippen molar-refractivity contribution in [1.29, 1.82) is 0 Å². The van der Waals surface area contributed by atoms with E-state index in [-0.39, 0.29) is 23.8 Å². The van der Waals surface area contributed by atoms with E-state index in [2.05, 4.69) is 46.8 Å². The van der Waals surface area contributed by atoms with Crippen molar-refractivity contribution in [3.8, 4) is 11.1 Å². The third-order valence-corrected chi connectivity index (χ3v) is 5.10. The first-order valence-electron chi connectivity index (χ1n) is 9.30. The molecule has 3 aromatic rings. The number of rotatable bonds is 6. The number of urea groups is 1. The molecule has 1 aromatic heterocycles. The van der Waals surface area contributed by atoms with E-state index < -0.39 is 11.9 Å². The monoisotopic (exact) mass is 413 g/mol. The number of anilines is 1. The molecule has 4 rings (SSSR count). The lowest BCUT2D eigenvalue weighted by atomic mass is 10.00. The summed E-state index contributed by atoms with van der Waals surface area (Å²) in [7, 11) is 0. The van der Waals surface area contributed by atoms with Gasteiger partial charge < -0.3 is 21.8 Å². The van der Waals surface area contributed by atoms with Crippen LogP contribution < -0.4 is 22.1 Å². The fraction of sp³-hybridized carbons (Fsp3) is 0.238. The summed E-state index contributed by atoms with van der Waals surface area (Å²) in [6.07, 6.45) is 2.52. The van der Waals surface area contributed by atoms with Gasteiger partial charge in [-0.05, 0) is 42.5 Å². The fourth-order valence-corrected chi connectivity index (χ4v) is 3.51. The summed E-state index contributed by atoms with van der Waals surface area (Å²) < 4.78 is 0. The molecule has 7 nitrogen and oxygen atoms in total. The molecule has 0 saturated heterocycles. The fourth-order valence-electron chi connectivity index (χ4n) is 3.51. The summed E-state index contributed by atoms with van der Waals surface area (Å²) in [4.78, 5) is 26.0. The SMILES string of the molecule is CC(NC1CC1)c1ccc(-c2ccc3c(C(N)=O)c(NC(N)=O)[nH]c3c2)cc1.Cl. The van der Waals surface area contributed by atoms with Crippen LogP contribution in [0, 0.1) is 0 Å². The number of carbonyl (C=O) groups is 2. The molecule has 1 heterocycles. The highest BCUT2D eigenvalue weighted by molar-refractivity contribution is 6.13. The molecule has 152 valence electrons. The van der Waals surface area contributed by atoms with Crippen molar-refractivity contribution < 1.29 is 9.59 Å². The number of H-pyrrole nitrogens is 1. The van der Waals surface area contributed by atoms with Crippen LogP contribution in [0.3, 0.4) is 0 Å². The Balaban J connectivity index is 0.00000240. The highest BCUT2D eigenvalue weighted by atomic mass is 35.5. The molecule has 1 aliphatic carbocycles. The van der Waals surface area contributed by atoms with Crippen molar-refractivity contribution in [2.45, 2.75) is 31.8 Å². The van der Waals surface area contributed by atoms with Gasteiger partial charge in [0.1, 0.15) is 5.82 Å². The molecule has 1 unspecified atom stereocenters. The average molecular weight is 414 g/mol. The van der Waals surface area contributed by atoms with Crippen LogP contribution >= 0.6 is 12.4 Å². The van der Waals surface area contributed by atoms with Gasteiger partial charge in [0.2, 0.25) is 0 Å². The van der Waals surface area contributed by atoms with Gasteiger partial charge >= 0.3 is 6.03 Å². The third kappa shape index (κ3) is 4.36. The summed E-state index contributed by atoms with van der Waals surface area (Å²) in [6, 6.07) is 14.3. The molecular formula is C21H24ClN5O2. The number of nitrogens with one attached hydrogen (secondary N) is 3. The van der Waals surface area contributed by atoms with Crippen molar-refractivity contribution in [2.75, 3.05) is 5.32 Å². The summed E-state index contributed by atoms with van der Waals surface area (Å²) in [5.41, 5.74) is 14.9. The molecule has 0 bridgehead atoms. The molecule has 3 amide bonds. The maximum atomic E-state index is 11.8. The molecule has 7 N–H and O–H groups in total. The van der Waals surface area contributed by atoms with Gasteiger partial charge in [0.15, 0.2) is 0 Å². The molecule has 8 heteroatoms. The number of benzene rings is 2. The molecular weight excluding hydrogens is 390 g/mol. The normalized spacial score (nSPS) is 14.2. The van der Waals surface area contributed by atoms with Crippen LogP contribution in [0.4, 0.5) is 10.6 Å². The molecule has 2 aromatic carbocycles. The Morgan fingerprint density at radius 3 is 2.31 bits per heavy atom. The van der Waals surface area contributed by atoms with Crippen molar-refractivity contribution in [1.82, 2.24) is 10.3 Å². The van der Waals surface area contributed by atoms with Gasteiger partial charge in [-0.25, -0.2) is 4.79 Å². The Hall–Kier alpha value is -3.03. The molecule has 0 radical (unpaired) electrons. The second-order valence-corrected chi connectivity index (χ2v) is 7.27. The zero-order valence-corrected chi connectivity index (χ0v) is 16.8. The first-order chi connectivity index (χ1) is 13.4. The van der Waals surface area contributed by atoms with E-state index in [0.29, 0.717) is 23.0 Å². The number of fused-ring (bicyclic) bond motifs is 1. The second-order valence-electron chi connectivity index (χ2n) is 7.27. The van der Waals surface area contributed by atoms with Crippen LogP contribution in [0.25, 0.3) is 22.0 Å². The topological polar surface area (TPSA) is 126 Å². The van der Waals surface area contributed by atoms with Gasteiger partial charge in [-0.1, -0.05) is 36.4 Å². The minimum atomic E-state index is -0.765. The number of aromatic nitrogens is 1. The number of carbonyl (C=O) groups excluding carboxylic acids is 2. The molecule has 1 aliphatic rings. The molecule has 0 aliphatic heterocycles. The highest BCUT2D eigenvalue weighted by Crippen LogP contribution is 2.31. The van der Waals surface area contributed by atoms with Crippen LogP contribution in [0.5, 0.6) is 0 Å². The van der Waals surface area contributed by atoms with Gasteiger partial charge in [0.25, 0.3) is 5.91 Å². The zero-order chi connectivity index (χ0) is 19.8. The number of amides is 3. The summed E-state index contributed by atoms with van der Waals surface area (Å²) in [5, 5.41) is 6.65. The Kier molecular flexibility index (Phi) is 5.81. The Bertz CT molecular complexity index is 1060. The summed E-state index contributed by atoms with van der Waals surface area (Å²) in [5.74, 6) is -0.424. The van der Waals surface area contributed by atoms with Gasteiger partial charge in [0, 0.05) is 23.0 Å². The number of hydrogen-bond donors (Lipinski definition) is 5.